The first-order valence-corrected chi connectivity index (χ1v) is 5.78. The Hall–Kier alpha value is -2.28. The second-order valence-electron chi connectivity index (χ2n) is 4.16. The van der Waals surface area contributed by atoms with E-state index in [1.165, 1.54) is 0 Å². The summed E-state index contributed by atoms with van der Waals surface area (Å²) in [6.45, 7) is 0.587. The maximum absolute atomic E-state index is 11.4. The van der Waals surface area contributed by atoms with Gasteiger partial charge in [0.25, 0.3) is 0 Å². The van der Waals surface area contributed by atoms with E-state index in [-0.39, 0.29) is 12.3 Å². The van der Waals surface area contributed by atoms with Crippen molar-refractivity contribution in [3.63, 3.8) is 0 Å². The number of nitriles is 1. The lowest BCUT2D eigenvalue weighted by atomic mass is 10.1. The molecule has 0 radical (unpaired) electrons. The van der Waals surface area contributed by atoms with Gasteiger partial charge < -0.3 is 9.32 Å². The zero-order valence-electron chi connectivity index (χ0n) is 10.2. The highest BCUT2D eigenvalue weighted by atomic mass is 16.3. The fraction of sp³-hybridized carbons (Fsp3) is 0.286. The van der Waals surface area contributed by atoms with Gasteiger partial charge in [0.1, 0.15) is 12.0 Å². The van der Waals surface area contributed by atoms with Crippen molar-refractivity contribution in [2.45, 2.75) is 12.8 Å². The number of hydrogen-bond acceptors (Lipinski definition) is 3. The maximum atomic E-state index is 11.4. The van der Waals surface area contributed by atoms with Crippen molar-refractivity contribution in [1.29, 1.82) is 5.26 Å². The van der Waals surface area contributed by atoms with Crippen LogP contribution in [0.2, 0.25) is 0 Å². The predicted molar refractivity (Wildman–Crippen MR) is 67.8 cm³/mol. The maximum Gasteiger partial charge on any atom is 0.236 e. The molecule has 18 heavy (non-hydrogen) atoms. The molecule has 1 aromatic carbocycles. The zero-order valence-corrected chi connectivity index (χ0v) is 10.2. The SMILES string of the molecule is CN(CCc1coc2ccccc12)C(=O)CC#N. The summed E-state index contributed by atoms with van der Waals surface area (Å²) in [4.78, 5) is 13.0. The van der Waals surface area contributed by atoms with Gasteiger partial charge in [-0.25, -0.2) is 0 Å². The van der Waals surface area contributed by atoms with Crippen molar-refractivity contribution in [2.75, 3.05) is 13.6 Å². The molecule has 0 saturated carbocycles. The molecule has 0 saturated heterocycles. The molecule has 2 aromatic rings. The molecule has 92 valence electrons. The van der Waals surface area contributed by atoms with E-state index < -0.39 is 0 Å². The summed E-state index contributed by atoms with van der Waals surface area (Å²) in [6.07, 6.45) is 2.39. The van der Waals surface area contributed by atoms with E-state index in [0.29, 0.717) is 6.54 Å². The van der Waals surface area contributed by atoms with Crippen LogP contribution in [0, 0.1) is 11.3 Å². The predicted octanol–water partition coefficient (Wildman–Crippen LogP) is 2.35. The first-order valence-electron chi connectivity index (χ1n) is 5.78. The van der Waals surface area contributed by atoms with E-state index in [4.69, 9.17) is 9.68 Å². The monoisotopic (exact) mass is 242 g/mol. The Balaban J connectivity index is 2.02. The summed E-state index contributed by atoms with van der Waals surface area (Å²) in [7, 11) is 1.71. The molecule has 1 aromatic heterocycles. The van der Waals surface area contributed by atoms with Crippen LogP contribution in [0.4, 0.5) is 0 Å². The lowest BCUT2D eigenvalue weighted by Crippen LogP contribution is -2.28. The van der Waals surface area contributed by atoms with Crippen LogP contribution in [-0.2, 0) is 11.2 Å². The number of likely N-dealkylation sites (N-methyl/N-ethyl adjacent to an activating group) is 1. The van der Waals surface area contributed by atoms with Crippen molar-refractivity contribution < 1.29 is 9.21 Å². The van der Waals surface area contributed by atoms with Crippen LogP contribution >= 0.6 is 0 Å². The average Bonchev–Trinajstić information content (AvgIpc) is 2.79. The minimum atomic E-state index is -0.148. The number of hydrogen-bond donors (Lipinski definition) is 0. The molecule has 1 heterocycles. The molecular weight excluding hydrogens is 228 g/mol. The number of amides is 1. The van der Waals surface area contributed by atoms with Crippen LogP contribution in [0.1, 0.15) is 12.0 Å². The molecule has 0 bridgehead atoms. The van der Waals surface area contributed by atoms with Crippen LogP contribution in [0.5, 0.6) is 0 Å². The summed E-state index contributed by atoms with van der Waals surface area (Å²) < 4.78 is 5.43. The second-order valence-corrected chi connectivity index (χ2v) is 4.16. The quantitative estimate of drug-likeness (QED) is 0.826. The van der Waals surface area contributed by atoms with E-state index in [9.17, 15) is 4.79 Å². The number of carbonyl (C=O) groups excluding carboxylic acids is 1. The van der Waals surface area contributed by atoms with E-state index in [2.05, 4.69) is 0 Å². The van der Waals surface area contributed by atoms with Crippen molar-refractivity contribution in [3.8, 4) is 6.07 Å². The summed E-state index contributed by atoms with van der Waals surface area (Å²) in [5, 5.41) is 9.55. The molecule has 0 N–H and O–H groups in total. The number of nitrogens with zero attached hydrogens (tertiary/aromatic N) is 2. The molecule has 0 fully saturated rings. The number of furan rings is 1. The molecule has 4 nitrogen and oxygen atoms in total. The first kappa shape index (κ1) is 12.2. The number of carbonyl (C=O) groups is 1. The van der Waals surface area contributed by atoms with Crippen LogP contribution in [0.15, 0.2) is 34.9 Å². The van der Waals surface area contributed by atoms with Crippen molar-refractivity contribution in [1.82, 2.24) is 4.90 Å². The molecule has 0 aliphatic rings. The molecule has 0 atom stereocenters. The molecule has 2 rings (SSSR count). The Morgan fingerprint density at radius 3 is 3.00 bits per heavy atom. The normalized spacial score (nSPS) is 10.2. The molecule has 0 aliphatic heterocycles. The van der Waals surface area contributed by atoms with Crippen LogP contribution < -0.4 is 0 Å². The Bertz CT molecular complexity index is 595. The molecule has 1 amide bonds. The Kier molecular flexibility index (Phi) is 3.63. The highest BCUT2D eigenvalue weighted by Gasteiger charge is 2.10. The van der Waals surface area contributed by atoms with Gasteiger partial charge in [-0.2, -0.15) is 5.26 Å². The standard InChI is InChI=1S/C14H14N2O2/c1-16(14(17)6-8-15)9-7-11-10-18-13-5-3-2-4-12(11)13/h2-5,10H,6-7,9H2,1H3. The number of benzene rings is 1. The van der Waals surface area contributed by atoms with Crippen molar-refractivity contribution in [2.24, 2.45) is 0 Å². The number of rotatable bonds is 4. The Labute approximate surface area is 105 Å². The van der Waals surface area contributed by atoms with Gasteiger partial charge >= 0.3 is 0 Å². The third-order valence-corrected chi connectivity index (χ3v) is 2.93. The van der Waals surface area contributed by atoms with Gasteiger partial charge in [0.15, 0.2) is 0 Å². The minimum Gasteiger partial charge on any atom is -0.464 e. The Morgan fingerprint density at radius 2 is 2.22 bits per heavy atom. The highest BCUT2D eigenvalue weighted by molar-refractivity contribution is 5.81. The van der Waals surface area contributed by atoms with Gasteiger partial charge in [-0.15, -0.1) is 0 Å². The molecule has 0 spiro atoms. The lowest BCUT2D eigenvalue weighted by molar-refractivity contribution is -0.128. The van der Waals surface area contributed by atoms with Gasteiger partial charge in [0.2, 0.25) is 5.91 Å². The van der Waals surface area contributed by atoms with Gasteiger partial charge in [-0.05, 0) is 18.1 Å². The zero-order chi connectivity index (χ0) is 13.0. The van der Waals surface area contributed by atoms with Gasteiger partial charge in [0.05, 0.1) is 12.3 Å². The summed E-state index contributed by atoms with van der Waals surface area (Å²) in [5.41, 5.74) is 1.95. The Morgan fingerprint density at radius 1 is 1.44 bits per heavy atom. The minimum absolute atomic E-state index is 0.0668. The highest BCUT2D eigenvalue weighted by Crippen LogP contribution is 2.21. The second kappa shape index (κ2) is 5.37. The van der Waals surface area contributed by atoms with Crippen molar-refractivity contribution >= 4 is 16.9 Å². The van der Waals surface area contributed by atoms with E-state index >= 15 is 0 Å². The van der Waals surface area contributed by atoms with Crippen molar-refractivity contribution in [3.05, 3.63) is 36.1 Å². The molecule has 0 aliphatic carbocycles. The van der Waals surface area contributed by atoms with Gasteiger partial charge in [-0.1, -0.05) is 18.2 Å². The van der Waals surface area contributed by atoms with Gasteiger partial charge in [0, 0.05) is 19.0 Å². The topological polar surface area (TPSA) is 57.2 Å². The molecule has 0 unspecified atom stereocenters. The van der Waals surface area contributed by atoms with E-state index in [1.54, 1.807) is 18.2 Å². The fourth-order valence-corrected chi connectivity index (χ4v) is 1.84. The van der Waals surface area contributed by atoms with Crippen LogP contribution in [-0.4, -0.2) is 24.4 Å². The summed E-state index contributed by atoms with van der Waals surface area (Å²) >= 11 is 0. The summed E-state index contributed by atoms with van der Waals surface area (Å²) in [6, 6.07) is 9.68. The number of fused-ring (bicyclic) bond motifs is 1. The first-order chi connectivity index (χ1) is 8.72. The third kappa shape index (κ3) is 2.51. The van der Waals surface area contributed by atoms with Crippen LogP contribution in [0.25, 0.3) is 11.0 Å². The molecule has 4 heteroatoms. The summed E-state index contributed by atoms with van der Waals surface area (Å²) in [5.74, 6) is -0.148. The average molecular weight is 242 g/mol. The largest absolute Gasteiger partial charge is 0.464 e. The smallest absolute Gasteiger partial charge is 0.236 e. The van der Waals surface area contributed by atoms with E-state index in [0.717, 1.165) is 23.0 Å². The number of para-hydroxylation sites is 1. The van der Waals surface area contributed by atoms with E-state index in [1.807, 2.05) is 30.3 Å². The lowest BCUT2D eigenvalue weighted by Gasteiger charge is -2.14. The van der Waals surface area contributed by atoms with Gasteiger partial charge in [-0.3, -0.25) is 4.79 Å². The molecular formula is C14H14N2O2. The van der Waals surface area contributed by atoms with Crippen LogP contribution in [0.3, 0.4) is 0 Å². The fourth-order valence-electron chi connectivity index (χ4n) is 1.84. The third-order valence-electron chi connectivity index (χ3n) is 2.93.